The number of ether oxygens (including phenoxy) is 3. The van der Waals surface area contributed by atoms with Crippen molar-refractivity contribution < 1.29 is 23.8 Å². The van der Waals surface area contributed by atoms with Gasteiger partial charge in [0.2, 0.25) is 5.75 Å². The van der Waals surface area contributed by atoms with Gasteiger partial charge in [-0.25, -0.2) is 4.98 Å². The Morgan fingerprint density at radius 3 is 2.55 bits per heavy atom. The molecule has 0 spiro atoms. The summed E-state index contributed by atoms with van der Waals surface area (Å²) < 4.78 is 18.3. The Hall–Kier alpha value is -4.01. The molecule has 0 unspecified atom stereocenters. The maximum atomic E-state index is 13.0. The van der Waals surface area contributed by atoms with Crippen LogP contribution in [0.5, 0.6) is 17.2 Å². The summed E-state index contributed by atoms with van der Waals surface area (Å²) in [5.41, 5.74) is 7.91. The Morgan fingerprint density at radius 1 is 1.12 bits per heavy atom. The highest BCUT2D eigenvalue weighted by Gasteiger charge is 2.19. The molecule has 0 fully saturated rings. The molecule has 2 amide bonds. The molecular weight excluding hydrogens is 424 g/mol. The van der Waals surface area contributed by atoms with Crippen molar-refractivity contribution in [3.63, 3.8) is 0 Å². The molecule has 9 nitrogen and oxygen atoms in total. The second-order valence-electron chi connectivity index (χ2n) is 7.69. The number of methoxy groups -OCH3 is 2. The predicted molar refractivity (Wildman–Crippen MR) is 123 cm³/mol. The second kappa shape index (κ2) is 9.64. The number of benzene rings is 2. The van der Waals surface area contributed by atoms with Gasteiger partial charge in [0, 0.05) is 36.0 Å². The number of nitrogens with one attached hydrogen (secondary N) is 1. The van der Waals surface area contributed by atoms with Crippen LogP contribution in [0.25, 0.3) is 11.3 Å². The lowest BCUT2D eigenvalue weighted by Crippen LogP contribution is -2.20. The highest BCUT2D eigenvalue weighted by molar-refractivity contribution is 6.05. The zero-order chi connectivity index (χ0) is 23.4. The largest absolute Gasteiger partial charge is 0.493 e. The summed E-state index contributed by atoms with van der Waals surface area (Å²) in [6, 6.07) is 10.6. The number of carbonyl (C=O) groups is 2. The standard InChI is InChI=1S/C24H26N4O5/c1-31-19-11-16(12-20(32-2)23(19)33-14-21(25)29)24(30)26-17-7-5-6-15(10-17)18-13-28-9-4-3-8-22(28)27-18/h5-7,10-13H,3-4,8-9,14H2,1-2H3,(H2,25,29)(H,26,30). The molecule has 33 heavy (non-hydrogen) atoms. The van der Waals surface area contributed by atoms with Crippen LogP contribution >= 0.6 is 0 Å². The molecule has 0 bridgehead atoms. The van der Waals surface area contributed by atoms with Gasteiger partial charge >= 0.3 is 0 Å². The van der Waals surface area contributed by atoms with E-state index < -0.39 is 5.91 Å². The van der Waals surface area contributed by atoms with E-state index in [1.807, 2.05) is 24.3 Å². The van der Waals surface area contributed by atoms with Crippen LogP contribution in [-0.4, -0.2) is 42.2 Å². The maximum Gasteiger partial charge on any atom is 0.255 e. The number of hydrogen-bond donors (Lipinski definition) is 2. The van der Waals surface area contributed by atoms with Crippen molar-refractivity contribution in [2.45, 2.75) is 25.8 Å². The van der Waals surface area contributed by atoms with Gasteiger partial charge < -0.3 is 29.8 Å². The van der Waals surface area contributed by atoms with Crippen LogP contribution in [0.2, 0.25) is 0 Å². The van der Waals surface area contributed by atoms with E-state index in [-0.39, 0.29) is 29.8 Å². The Morgan fingerprint density at radius 2 is 1.88 bits per heavy atom. The second-order valence-corrected chi connectivity index (χ2v) is 7.69. The van der Waals surface area contributed by atoms with Crippen LogP contribution in [0.4, 0.5) is 5.69 Å². The van der Waals surface area contributed by atoms with Crippen molar-refractivity contribution in [3.05, 3.63) is 54.0 Å². The zero-order valence-corrected chi connectivity index (χ0v) is 18.6. The number of rotatable bonds is 8. The molecule has 1 aliphatic heterocycles. The number of aromatic nitrogens is 2. The summed E-state index contributed by atoms with van der Waals surface area (Å²) in [6.45, 7) is 0.643. The minimum atomic E-state index is -0.639. The van der Waals surface area contributed by atoms with Gasteiger partial charge in [-0.3, -0.25) is 9.59 Å². The average Bonchev–Trinajstić information content (AvgIpc) is 3.26. The van der Waals surface area contributed by atoms with Crippen molar-refractivity contribution >= 4 is 17.5 Å². The van der Waals surface area contributed by atoms with Crippen molar-refractivity contribution in [2.24, 2.45) is 5.73 Å². The number of nitrogens with two attached hydrogens (primary N) is 1. The highest BCUT2D eigenvalue weighted by atomic mass is 16.5. The molecular formula is C24H26N4O5. The number of imidazole rings is 1. The fourth-order valence-electron chi connectivity index (χ4n) is 3.81. The van der Waals surface area contributed by atoms with Gasteiger partial charge in [0.15, 0.2) is 18.1 Å². The van der Waals surface area contributed by atoms with E-state index in [1.54, 1.807) is 0 Å². The van der Waals surface area contributed by atoms with Crippen molar-refractivity contribution in [1.29, 1.82) is 0 Å². The first-order valence-electron chi connectivity index (χ1n) is 10.6. The molecule has 1 aliphatic rings. The van der Waals surface area contributed by atoms with E-state index in [0.717, 1.165) is 42.9 Å². The van der Waals surface area contributed by atoms with E-state index >= 15 is 0 Å². The SMILES string of the molecule is COc1cc(C(=O)Nc2cccc(-c3cn4c(n3)CCCC4)c2)cc(OC)c1OCC(N)=O. The smallest absolute Gasteiger partial charge is 0.255 e. The predicted octanol–water partition coefficient (Wildman–Crippen LogP) is 3.02. The van der Waals surface area contributed by atoms with Crippen molar-refractivity contribution in [3.8, 4) is 28.5 Å². The number of hydrogen-bond acceptors (Lipinski definition) is 6. The van der Waals surface area contributed by atoms with Gasteiger partial charge in [0.05, 0.1) is 19.9 Å². The zero-order valence-electron chi connectivity index (χ0n) is 18.6. The fraction of sp³-hybridized carbons (Fsp3) is 0.292. The van der Waals surface area contributed by atoms with E-state index in [0.29, 0.717) is 11.3 Å². The van der Waals surface area contributed by atoms with E-state index in [9.17, 15) is 9.59 Å². The number of primary amides is 1. The summed E-state index contributed by atoms with van der Waals surface area (Å²) in [7, 11) is 2.86. The van der Waals surface area contributed by atoms with Gasteiger partial charge in [0.1, 0.15) is 5.82 Å². The molecule has 172 valence electrons. The van der Waals surface area contributed by atoms with E-state index in [2.05, 4.69) is 16.1 Å². The van der Waals surface area contributed by atoms with Crippen molar-refractivity contribution in [2.75, 3.05) is 26.1 Å². The third-order valence-electron chi connectivity index (χ3n) is 5.41. The minimum absolute atomic E-state index is 0.195. The van der Waals surface area contributed by atoms with Crippen LogP contribution in [0.1, 0.15) is 29.0 Å². The van der Waals surface area contributed by atoms with Crippen LogP contribution < -0.4 is 25.3 Å². The van der Waals surface area contributed by atoms with Gasteiger partial charge in [-0.05, 0) is 37.1 Å². The summed E-state index contributed by atoms with van der Waals surface area (Å²) >= 11 is 0. The van der Waals surface area contributed by atoms with Gasteiger partial charge in [-0.2, -0.15) is 0 Å². The molecule has 0 saturated carbocycles. The van der Waals surface area contributed by atoms with E-state index in [4.69, 9.17) is 24.9 Å². The van der Waals surface area contributed by atoms with Crippen LogP contribution in [-0.2, 0) is 17.8 Å². The normalized spacial score (nSPS) is 12.5. The summed E-state index contributed by atoms with van der Waals surface area (Å²) in [5.74, 6) is 0.800. The molecule has 0 aliphatic carbocycles. The summed E-state index contributed by atoms with van der Waals surface area (Å²) in [5, 5.41) is 2.90. The molecule has 0 radical (unpaired) electrons. The molecule has 2 aromatic carbocycles. The molecule has 3 aromatic rings. The lowest BCUT2D eigenvalue weighted by atomic mass is 10.1. The molecule has 1 aromatic heterocycles. The quantitative estimate of drug-likeness (QED) is 0.545. The number of amides is 2. The molecule has 9 heteroatoms. The minimum Gasteiger partial charge on any atom is -0.493 e. The number of anilines is 1. The average molecular weight is 450 g/mol. The summed E-state index contributed by atoms with van der Waals surface area (Å²) in [4.78, 5) is 28.8. The van der Waals surface area contributed by atoms with Crippen LogP contribution in [0.15, 0.2) is 42.6 Å². The first-order chi connectivity index (χ1) is 16.0. The molecule has 3 N–H and O–H groups in total. The third-order valence-corrected chi connectivity index (χ3v) is 5.41. The monoisotopic (exact) mass is 450 g/mol. The highest BCUT2D eigenvalue weighted by Crippen LogP contribution is 2.38. The number of aryl methyl sites for hydroxylation is 2. The van der Waals surface area contributed by atoms with Gasteiger partial charge in [-0.15, -0.1) is 0 Å². The van der Waals surface area contributed by atoms with Crippen LogP contribution in [0, 0.1) is 0 Å². The summed E-state index contributed by atoms with van der Waals surface area (Å²) in [6.07, 6.45) is 5.37. The Balaban J connectivity index is 1.56. The first kappa shape index (κ1) is 22.2. The fourth-order valence-corrected chi connectivity index (χ4v) is 3.81. The Labute approximate surface area is 191 Å². The molecule has 2 heterocycles. The first-order valence-corrected chi connectivity index (χ1v) is 10.6. The Bertz CT molecular complexity index is 1140. The van der Waals surface area contributed by atoms with Crippen LogP contribution in [0.3, 0.4) is 0 Å². The topological polar surface area (TPSA) is 118 Å². The van der Waals surface area contributed by atoms with E-state index in [1.165, 1.54) is 26.4 Å². The molecule has 4 rings (SSSR count). The van der Waals surface area contributed by atoms with Gasteiger partial charge in [-0.1, -0.05) is 12.1 Å². The third kappa shape index (κ3) is 4.92. The Kier molecular flexibility index (Phi) is 6.48. The molecule has 0 atom stereocenters. The number of carbonyl (C=O) groups excluding carboxylic acids is 2. The van der Waals surface area contributed by atoms with Gasteiger partial charge in [0.25, 0.3) is 11.8 Å². The lowest BCUT2D eigenvalue weighted by molar-refractivity contribution is -0.120. The number of nitrogens with zero attached hydrogens (tertiary/aromatic N) is 2. The molecule has 0 saturated heterocycles. The number of fused-ring (bicyclic) bond motifs is 1. The van der Waals surface area contributed by atoms with Crippen molar-refractivity contribution in [1.82, 2.24) is 9.55 Å². The maximum absolute atomic E-state index is 13.0. The lowest BCUT2D eigenvalue weighted by Gasteiger charge is -2.15.